The van der Waals surface area contributed by atoms with Gasteiger partial charge in [0.05, 0.1) is 4.88 Å². The molecule has 1 aromatic rings. The van der Waals surface area contributed by atoms with Crippen molar-refractivity contribution in [3.05, 3.63) is 21.4 Å². The third-order valence-corrected chi connectivity index (χ3v) is 5.89. The third kappa shape index (κ3) is 3.73. The number of thiophene rings is 1. The molecule has 0 spiro atoms. The zero-order chi connectivity index (χ0) is 14.7. The monoisotopic (exact) mass is 304 g/mol. The number of hydrogen-bond acceptors (Lipinski definition) is 3. The first kappa shape index (κ1) is 14.8. The van der Waals surface area contributed by atoms with Crippen LogP contribution in [-0.4, -0.2) is 12.1 Å². The van der Waals surface area contributed by atoms with E-state index >= 15 is 0 Å². The second-order valence-electron chi connectivity index (χ2n) is 6.52. The summed E-state index contributed by atoms with van der Waals surface area (Å²) < 4.78 is 0. The van der Waals surface area contributed by atoms with Gasteiger partial charge in [-0.05, 0) is 55.6 Å². The number of carbonyl (C=O) groups excluding carboxylic acids is 1. The highest BCUT2D eigenvalue weighted by Crippen LogP contribution is 2.32. The lowest BCUT2D eigenvalue weighted by molar-refractivity contribution is 0.0959. The van der Waals surface area contributed by atoms with Gasteiger partial charge in [0.15, 0.2) is 0 Å². The standard InChI is InChI=1S/C17H24N2OS/c1-12-7-8-15-14(9-12)10-16(21-15)17(20)19-18-11-13-5-3-2-4-6-13/h10-13H,2-9H2,1H3,(H,19,20). The Morgan fingerprint density at radius 2 is 2.14 bits per heavy atom. The van der Waals surface area contributed by atoms with Crippen LogP contribution in [0.1, 0.15) is 65.6 Å². The predicted molar refractivity (Wildman–Crippen MR) is 88.0 cm³/mol. The number of rotatable bonds is 3. The fourth-order valence-electron chi connectivity index (χ4n) is 3.36. The van der Waals surface area contributed by atoms with E-state index in [1.54, 1.807) is 11.3 Å². The number of amides is 1. The van der Waals surface area contributed by atoms with Crippen LogP contribution >= 0.6 is 11.3 Å². The van der Waals surface area contributed by atoms with Crippen molar-refractivity contribution in [2.45, 2.75) is 58.3 Å². The molecule has 1 saturated carbocycles. The molecule has 0 aromatic carbocycles. The number of nitrogens with zero attached hydrogens (tertiary/aromatic N) is 1. The average molecular weight is 304 g/mol. The van der Waals surface area contributed by atoms with E-state index in [0.29, 0.717) is 5.92 Å². The molecule has 3 nitrogen and oxygen atoms in total. The van der Waals surface area contributed by atoms with Crippen LogP contribution in [0.4, 0.5) is 0 Å². The number of aryl methyl sites for hydroxylation is 1. The first-order valence-electron chi connectivity index (χ1n) is 8.17. The highest BCUT2D eigenvalue weighted by Gasteiger charge is 2.20. The van der Waals surface area contributed by atoms with E-state index in [1.165, 1.54) is 49.0 Å². The molecular weight excluding hydrogens is 280 g/mol. The van der Waals surface area contributed by atoms with Gasteiger partial charge in [0.2, 0.25) is 0 Å². The number of fused-ring (bicyclic) bond motifs is 1. The number of hydrazone groups is 1. The summed E-state index contributed by atoms with van der Waals surface area (Å²) in [5.74, 6) is 1.25. The molecule has 2 aliphatic rings. The highest BCUT2D eigenvalue weighted by atomic mass is 32.1. The molecule has 1 amide bonds. The van der Waals surface area contributed by atoms with Crippen LogP contribution in [0.25, 0.3) is 0 Å². The molecule has 1 fully saturated rings. The molecule has 4 heteroatoms. The Morgan fingerprint density at radius 1 is 1.33 bits per heavy atom. The van der Waals surface area contributed by atoms with Crippen molar-refractivity contribution in [3.63, 3.8) is 0 Å². The Bertz CT molecular complexity index is 529. The zero-order valence-electron chi connectivity index (χ0n) is 12.7. The molecule has 1 aromatic heterocycles. The van der Waals surface area contributed by atoms with E-state index in [9.17, 15) is 4.79 Å². The Kier molecular flexibility index (Phi) is 4.73. The second-order valence-corrected chi connectivity index (χ2v) is 7.66. The molecule has 0 aliphatic heterocycles. The molecule has 114 valence electrons. The van der Waals surface area contributed by atoms with Crippen LogP contribution in [0, 0.1) is 11.8 Å². The molecule has 1 atom stereocenters. The summed E-state index contributed by atoms with van der Waals surface area (Å²) in [6.07, 6.45) is 11.8. The van der Waals surface area contributed by atoms with Crippen molar-refractivity contribution >= 4 is 23.5 Å². The minimum Gasteiger partial charge on any atom is -0.266 e. The molecule has 0 radical (unpaired) electrons. The summed E-state index contributed by atoms with van der Waals surface area (Å²) in [7, 11) is 0. The Labute approximate surface area is 130 Å². The number of nitrogens with one attached hydrogen (secondary N) is 1. The van der Waals surface area contributed by atoms with Gasteiger partial charge in [-0.15, -0.1) is 11.3 Å². The first-order chi connectivity index (χ1) is 10.2. The quantitative estimate of drug-likeness (QED) is 0.661. The molecule has 1 N–H and O–H groups in total. The summed E-state index contributed by atoms with van der Waals surface area (Å²) >= 11 is 1.65. The van der Waals surface area contributed by atoms with Crippen LogP contribution in [0.15, 0.2) is 11.2 Å². The lowest BCUT2D eigenvalue weighted by atomic mass is 9.90. The van der Waals surface area contributed by atoms with E-state index in [2.05, 4.69) is 23.5 Å². The Hall–Kier alpha value is -1.16. The fourth-order valence-corrected chi connectivity index (χ4v) is 4.46. The number of carbonyl (C=O) groups is 1. The first-order valence-corrected chi connectivity index (χ1v) is 8.99. The fraction of sp³-hybridized carbons (Fsp3) is 0.647. The molecule has 3 rings (SSSR count). The van der Waals surface area contributed by atoms with Crippen LogP contribution in [-0.2, 0) is 12.8 Å². The van der Waals surface area contributed by atoms with Crippen molar-refractivity contribution in [3.8, 4) is 0 Å². The van der Waals surface area contributed by atoms with Gasteiger partial charge in [0, 0.05) is 11.1 Å². The highest BCUT2D eigenvalue weighted by molar-refractivity contribution is 7.14. The van der Waals surface area contributed by atoms with E-state index in [0.717, 1.165) is 23.6 Å². The van der Waals surface area contributed by atoms with Gasteiger partial charge in [0.25, 0.3) is 5.91 Å². The normalized spacial score (nSPS) is 23.2. The summed E-state index contributed by atoms with van der Waals surface area (Å²) in [4.78, 5) is 14.4. The molecular formula is C17H24N2OS. The second kappa shape index (κ2) is 6.73. The van der Waals surface area contributed by atoms with Crippen LogP contribution < -0.4 is 5.43 Å². The molecule has 1 unspecified atom stereocenters. The largest absolute Gasteiger partial charge is 0.281 e. The summed E-state index contributed by atoms with van der Waals surface area (Å²) in [6.45, 7) is 2.29. The van der Waals surface area contributed by atoms with Crippen molar-refractivity contribution in [1.29, 1.82) is 0 Å². The van der Waals surface area contributed by atoms with Gasteiger partial charge in [-0.1, -0.05) is 26.2 Å². The van der Waals surface area contributed by atoms with Crippen molar-refractivity contribution < 1.29 is 4.79 Å². The van der Waals surface area contributed by atoms with Crippen LogP contribution in [0.5, 0.6) is 0 Å². The minimum absolute atomic E-state index is 0.0471. The van der Waals surface area contributed by atoms with Gasteiger partial charge >= 0.3 is 0 Å². The van der Waals surface area contributed by atoms with Crippen molar-refractivity contribution in [2.75, 3.05) is 0 Å². The van der Waals surface area contributed by atoms with E-state index in [4.69, 9.17) is 0 Å². The van der Waals surface area contributed by atoms with E-state index in [1.807, 2.05) is 6.21 Å². The van der Waals surface area contributed by atoms with Crippen molar-refractivity contribution in [2.24, 2.45) is 16.9 Å². The maximum Gasteiger partial charge on any atom is 0.281 e. The SMILES string of the molecule is CC1CCc2sc(C(=O)NN=CC3CCCCC3)cc2C1. The molecule has 1 heterocycles. The molecule has 0 bridgehead atoms. The van der Waals surface area contributed by atoms with Gasteiger partial charge in [-0.2, -0.15) is 5.10 Å². The average Bonchev–Trinajstić information content (AvgIpc) is 2.91. The maximum absolute atomic E-state index is 12.2. The molecule has 21 heavy (non-hydrogen) atoms. The summed E-state index contributed by atoms with van der Waals surface area (Å²) in [5.41, 5.74) is 4.08. The topological polar surface area (TPSA) is 41.5 Å². The predicted octanol–water partition coefficient (Wildman–Crippen LogP) is 4.17. The van der Waals surface area contributed by atoms with Gasteiger partial charge in [-0.25, -0.2) is 5.43 Å². The minimum atomic E-state index is -0.0471. The zero-order valence-corrected chi connectivity index (χ0v) is 13.5. The molecule has 0 saturated heterocycles. The van der Waals surface area contributed by atoms with Gasteiger partial charge in [0.1, 0.15) is 0 Å². The lowest BCUT2D eigenvalue weighted by Crippen LogP contribution is -2.18. The van der Waals surface area contributed by atoms with E-state index < -0.39 is 0 Å². The van der Waals surface area contributed by atoms with Gasteiger partial charge < -0.3 is 0 Å². The maximum atomic E-state index is 12.2. The van der Waals surface area contributed by atoms with Crippen LogP contribution in [0.3, 0.4) is 0 Å². The molecule has 2 aliphatic carbocycles. The Morgan fingerprint density at radius 3 is 2.95 bits per heavy atom. The smallest absolute Gasteiger partial charge is 0.266 e. The Balaban J connectivity index is 1.57. The third-order valence-electron chi connectivity index (χ3n) is 4.65. The lowest BCUT2D eigenvalue weighted by Gasteiger charge is -2.16. The van der Waals surface area contributed by atoms with Crippen LogP contribution in [0.2, 0.25) is 0 Å². The van der Waals surface area contributed by atoms with E-state index in [-0.39, 0.29) is 5.91 Å². The summed E-state index contributed by atoms with van der Waals surface area (Å²) in [6, 6.07) is 2.07. The number of hydrogen-bond donors (Lipinski definition) is 1. The van der Waals surface area contributed by atoms with Crippen molar-refractivity contribution in [1.82, 2.24) is 5.43 Å². The van der Waals surface area contributed by atoms with Gasteiger partial charge in [-0.3, -0.25) is 4.79 Å². The summed E-state index contributed by atoms with van der Waals surface area (Å²) in [5, 5.41) is 4.17.